The van der Waals surface area contributed by atoms with E-state index in [1.165, 1.54) is 11.3 Å². The Morgan fingerprint density at radius 3 is 2.56 bits per heavy atom. The number of ketones is 1. The van der Waals surface area contributed by atoms with Gasteiger partial charge in [-0.3, -0.25) is 19.7 Å². The minimum atomic E-state index is -0.523. The molecule has 9 nitrogen and oxygen atoms in total. The van der Waals surface area contributed by atoms with Crippen molar-refractivity contribution in [2.75, 3.05) is 5.32 Å². The van der Waals surface area contributed by atoms with Crippen molar-refractivity contribution in [1.29, 1.82) is 0 Å². The predicted octanol–water partition coefficient (Wildman–Crippen LogP) is 6.48. The number of anilines is 1. The van der Waals surface area contributed by atoms with Crippen molar-refractivity contribution in [3.05, 3.63) is 65.8 Å². The fraction of sp³-hybridized carbons (Fsp3) is 0.172. The zero-order chi connectivity index (χ0) is 27.3. The maximum absolute atomic E-state index is 12.5. The number of aromatic amines is 2. The van der Waals surface area contributed by atoms with Gasteiger partial charge in [-0.25, -0.2) is 9.97 Å². The molecule has 1 aromatic carbocycles. The van der Waals surface area contributed by atoms with E-state index in [0.717, 1.165) is 32.6 Å². The quantitative estimate of drug-likeness (QED) is 0.217. The van der Waals surface area contributed by atoms with Crippen molar-refractivity contribution in [2.24, 2.45) is 5.41 Å². The molecule has 0 aliphatic rings. The highest BCUT2D eigenvalue weighted by molar-refractivity contribution is 7.17. The van der Waals surface area contributed by atoms with E-state index in [0.29, 0.717) is 33.3 Å². The van der Waals surface area contributed by atoms with Crippen molar-refractivity contribution in [3.8, 4) is 33.2 Å². The molecule has 6 aromatic rings. The molecule has 0 saturated heterocycles. The fourth-order valence-corrected chi connectivity index (χ4v) is 5.13. The molecule has 5 heterocycles. The molecule has 10 heteroatoms. The lowest BCUT2D eigenvalue weighted by molar-refractivity contribution is -0.123. The molecule has 0 aliphatic heterocycles. The number of imidazole rings is 1. The average Bonchev–Trinajstić information content (AvgIpc) is 3.65. The van der Waals surface area contributed by atoms with E-state index in [1.54, 1.807) is 19.3 Å². The van der Waals surface area contributed by atoms with E-state index < -0.39 is 5.41 Å². The second kappa shape index (κ2) is 9.25. The zero-order valence-electron chi connectivity index (χ0n) is 21.8. The van der Waals surface area contributed by atoms with Crippen LogP contribution in [0, 0.1) is 5.41 Å². The third kappa shape index (κ3) is 4.59. The largest absolute Gasteiger partial charge is 0.336 e. The number of fused-ring (bicyclic) bond motifs is 2. The second-order valence-electron chi connectivity index (χ2n) is 10.3. The Balaban J connectivity index is 1.39. The number of para-hydroxylation sites is 1. The summed E-state index contributed by atoms with van der Waals surface area (Å²) in [5.74, 6) is 0.538. The Labute approximate surface area is 227 Å². The lowest BCUT2D eigenvalue weighted by Gasteiger charge is -2.17. The van der Waals surface area contributed by atoms with Crippen LogP contribution >= 0.6 is 11.3 Å². The van der Waals surface area contributed by atoms with Gasteiger partial charge in [0.25, 0.3) is 0 Å². The van der Waals surface area contributed by atoms with Gasteiger partial charge in [-0.2, -0.15) is 5.10 Å². The monoisotopic (exact) mass is 535 g/mol. The molecule has 0 bridgehead atoms. The number of benzene rings is 1. The maximum Gasteiger partial charge on any atom is 0.229 e. The molecular weight excluding hydrogens is 510 g/mol. The van der Waals surface area contributed by atoms with Crippen LogP contribution in [-0.4, -0.2) is 41.8 Å². The molecule has 3 N–H and O–H groups in total. The lowest BCUT2D eigenvalue weighted by Crippen LogP contribution is -2.27. The summed E-state index contributed by atoms with van der Waals surface area (Å²) in [5, 5.41) is 10.5. The van der Waals surface area contributed by atoms with Crippen LogP contribution in [0.4, 0.5) is 5.69 Å². The van der Waals surface area contributed by atoms with Gasteiger partial charge in [-0.15, -0.1) is 11.3 Å². The van der Waals surface area contributed by atoms with E-state index in [4.69, 9.17) is 9.97 Å². The minimum Gasteiger partial charge on any atom is -0.336 e. The van der Waals surface area contributed by atoms with Crippen LogP contribution < -0.4 is 5.32 Å². The van der Waals surface area contributed by atoms with E-state index in [1.807, 2.05) is 69.3 Å². The number of hydrogen-bond acceptors (Lipinski definition) is 7. The van der Waals surface area contributed by atoms with Crippen LogP contribution in [0.5, 0.6) is 0 Å². The van der Waals surface area contributed by atoms with Gasteiger partial charge in [0.2, 0.25) is 5.91 Å². The van der Waals surface area contributed by atoms with E-state index in [-0.39, 0.29) is 11.7 Å². The van der Waals surface area contributed by atoms with Crippen LogP contribution in [-0.2, 0) is 4.79 Å². The number of H-pyrrole nitrogens is 2. The highest BCUT2D eigenvalue weighted by Gasteiger charge is 2.22. The standard InChI is InChI=1S/C29H25N7O2S/c1-15(37)22-10-11-23(39-22)18-6-5-7-20-24(18)34-27(33-20)26-25-21(35-36-26)9-8-19(32-25)16-12-17(14-30-13-16)31-28(38)29(2,3)4/h5-14H,1-4H3,(H,31,38)(H,33,34)(H,35,36). The van der Waals surface area contributed by atoms with Crippen molar-refractivity contribution in [1.82, 2.24) is 30.1 Å². The van der Waals surface area contributed by atoms with Gasteiger partial charge in [0.1, 0.15) is 5.52 Å². The summed E-state index contributed by atoms with van der Waals surface area (Å²) in [7, 11) is 0. The molecule has 6 rings (SSSR count). The second-order valence-corrected chi connectivity index (χ2v) is 11.4. The van der Waals surface area contributed by atoms with E-state index in [9.17, 15) is 9.59 Å². The topological polar surface area (TPSA) is 129 Å². The minimum absolute atomic E-state index is 0.0448. The van der Waals surface area contributed by atoms with Gasteiger partial charge in [-0.05, 0) is 43.3 Å². The van der Waals surface area contributed by atoms with Gasteiger partial charge < -0.3 is 10.3 Å². The number of rotatable bonds is 5. The zero-order valence-corrected chi connectivity index (χ0v) is 22.6. The first-order valence-electron chi connectivity index (χ1n) is 12.4. The van der Waals surface area contributed by atoms with Gasteiger partial charge in [0.15, 0.2) is 17.3 Å². The van der Waals surface area contributed by atoms with Crippen LogP contribution in [0.25, 0.3) is 55.3 Å². The maximum atomic E-state index is 12.5. The number of carbonyl (C=O) groups excluding carboxylic acids is 2. The third-order valence-corrected chi connectivity index (χ3v) is 7.56. The first kappa shape index (κ1) is 24.6. The molecular formula is C29H25N7O2S. The smallest absolute Gasteiger partial charge is 0.229 e. The molecule has 194 valence electrons. The fourth-order valence-electron chi connectivity index (χ4n) is 4.21. The Kier molecular flexibility index (Phi) is 5.84. The van der Waals surface area contributed by atoms with Crippen LogP contribution in [0.3, 0.4) is 0 Å². The molecule has 0 saturated carbocycles. The molecule has 39 heavy (non-hydrogen) atoms. The Morgan fingerprint density at radius 1 is 0.949 bits per heavy atom. The number of pyridine rings is 2. The SMILES string of the molecule is CC(=O)c1ccc(-c2cccc3[nH]c(-c4n[nH]c5ccc(-c6cncc(NC(=O)C(C)(C)C)c6)nc45)nc23)s1. The molecule has 0 aliphatic carbocycles. The summed E-state index contributed by atoms with van der Waals surface area (Å²) in [5.41, 5.74) is 6.16. The summed E-state index contributed by atoms with van der Waals surface area (Å²) in [6.45, 7) is 7.15. The van der Waals surface area contributed by atoms with Crippen molar-refractivity contribution < 1.29 is 9.59 Å². The molecule has 0 radical (unpaired) electrons. The summed E-state index contributed by atoms with van der Waals surface area (Å²) < 4.78 is 0. The first-order chi connectivity index (χ1) is 18.7. The van der Waals surface area contributed by atoms with Gasteiger partial charge in [0.05, 0.1) is 39.0 Å². The predicted molar refractivity (Wildman–Crippen MR) is 154 cm³/mol. The van der Waals surface area contributed by atoms with Crippen LogP contribution in [0.15, 0.2) is 60.9 Å². The average molecular weight is 536 g/mol. The molecule has 5 aromatic heterocycles. The highest BCUT2D eigenvalue weighted by Crippen LogP contribution is 2.35. The third-order valence-electron chi connectivity index (χ3n) is 6.34. The normalized spacial score (nSPS) is 11.8. The summed E-state index contributed by atoms with van der Waals surface area (Å²) >= 11 is 1.45. The van der Waals surface area contributed by atoms with Crippen molar-refractivity contribution >= 4 is 50.8 Å². The molecule has 1 amide bonds. The van der Waals surface area contributed by atoms with Crippen LogP contribution in [0.1, 0.15) is 37.4 Å². The van der Waals surface area contributed by atoms with E-state index >= 15 is 0 Å². The van der Waals surface area contributed by atoms with Crippen LogP contribution in [0.2, 0.25) is 0 Å². The van der Waals surface area contributed by atoms with Crippen molar-refractivity contribution in [3.63, 3.8) is 0 Å². The summed E-state index contributed by atoms with van der Waals surface area (Å²) in [6, 6.07) is 15.4. The summed E-state index contributed by atoms with van der Waals surface area (Å²) in [4.78, 5) is 43.4. The van der Waals surface area contributed by atoms with Gasteiger partial charge >= 0.3 is 0 Å². The lowest BCUT2D eigenvalue weighted by atomic mass is 9.95. The van der Waals surface area contributed by atoms with E-state index in [2.05, 4.69) is 25.5 Å². The molecule has 0 unspecified atom stereocenters. The number of Topliss-reactive ketones (excluding diaryl/α,β-unsaturated/α-hetero) is 1. The van der Waals surface area contributed by atoms with Crippen molar-refractivity contribution in [2.45, 2.75) is 27.7 Å². The Bertz CT molecular complexity index is 1890. The highest BCUT2D eigenvalue weighted by atomic mass is 32.1. The molecule has 0 fully saturated rings. The number of nitrogens with one attached hydrogen (secondary N) is 3. The number of aromatic nitrogens is 6. The first-order valence-corrected chi connectivity index (χ1v) is 13.2. The van der Waals surface area contributed by atoms with Gasteiger partial charge in [0, 0.05) is 27.6 Å². The molecule has 0 spiro atoms. The van der Waals surface area contributed by atoms with Gasteiger partial charge in [-0.1, -0.05) is 32.9 Å². The Hall–Kier alpha value is -4.70. The number of thiophene rings is 1. The molecule has 0 atom stereocenters. The number of nitrogens with zero attached hydrogens (tertiary/aromatic N) is 4. The number of carbonyl (C=O) groups is 2. The summed E-state index contributed by atoms with van der Waals surface area (Å²) in [6.07, 6.45) is 3.33. The Morgan fingerprint density at radius 2 is 1.79 bits per heavy atom. The number of hydrogen-bond donors (Lipinski definition) is 3. The number of amides is 1.